The third-order valence-corrected chi connectivity index (χ3v) is 4.21. The number of hydrogen-bond donors (Lipinski definition) is 1. The third-order valence-electron chi connectivity index (χ3n) is 4.21. The van der Waals surface area contributed by atoms with Crippen molar-refractivity contribution in [2.75, 3.05) is 27.2 Å². The second kappa shape index (κ2) is 6.74. The molecule has 20 heavy (non-hydrogen) atoms. The molecule has 1 aliphatic heterocycles. The van der Waals surface area contributed by atoms with Crippen LogP contribution in [-0.4, -0.2) is 49.1 Å². The van der Waals surface area contributed by atoms with Crippen molar-refractivity contribution in [3.8, 4) is 0 Å². The molecule has 2 rings (SSSR count). The average Bonchev–Trinajstić information content (AvgIpc) is 2.94. The normalized spacial score (nSPS) is 24.1. The molecule has 2 unspecified atom stereocenters. The molecule has 2 heterocycles. The van der Waals surface area contributed by atoms with Gasteiger partial charge in [-0.25, -0.2) is 0 Å². The number of likely N-dealkylation sites (N-methyl/N-ethyl adjacent to an activating group) is 1. The van der Waals surface area contributed by atoms with E-state index in [1.165, 1.54) is 12.1 Å². The molecule has 0 amide bonds. The molecule has 0 radical (unpaired) electrons. The van der Waals surface area contributed by atoms with E-state index in [0.717, 1.165) is 31.3 Å². The van der Waals surface area contributed by atoms with Crippen LogP contribution in [0.3, 0.4) is 0 Å². The molecule has 0 spiro atoms. The van der Waals surface area contributed by atoms with E-state index in [9.17, 15) is 0 Å². The Hall–Kier alpha value is -0.840. The lowest BCUT2D eigenvalue weighted by Gasteiger charge is -2.22. The van der Waals surface area contributed by atoms with Gasteiger partial charge in [0.15, 0.2) is 0 Å². The first-order chi connectivity index (χ1) is 9.47. The van der Waals surface area contributed by atoms with Gasteiger partial charge in [-0.05, 0) is 26.1 Å². The lowest BCUT2D eigenvalue weighted by molar-refractivity contribution is 0.249. The fourth-order valence-electron chi connectivity index (χ4n) is 3.05. The van der Waals surface area contributed by atoms with Crippen LogP contribution < -0.4 is 5.32 Å². The van der Waals surface area contributed by atoms with Crippen molar-refractivity contribution in [2.45, 2.75) is 45.9 Å². The summed E-state index contributed by atoms with van der Waals surface area (Å²) in [6.45, 7) is 10.8. The standard InChI is InChI=1S/C16H29N3O/c1-12(2)17-8-16-14(6-7-20-16)10-19-9-13(3)15(11-19)18(4)5/h6-7,12-13,15,17H,8-11H2,1-5H3. The Morgan fingerprint density at radius 3 is 2.75 bits per heavy atom. The van der Waals surface area contributed by atoms with E-state index in [1.54, 1.807) is 0 Å². The van der Waals surface area contributed by atoms with Crippen molar-refractivity contribution in [1.82, 2.24) is 15.1 Å². The summed E-state index contributed by atoms with van der Waals surface area (Å²) in [5.41, 5.74) is 1.32. The Kier molecular flexibility index (Phi) is 5.24. The number of rotatable bonds is 6. The van der Waals surface area contributed by atoms with Crippen LogP contribution in [0.25, 0.3) is 0 Å². The van der Waals surface area contributed by atoms with Gasteiger partial charge >= 0.3 is 0 Å². The molecular weight excluding hydrogens is 250 g/mol. The molecule has 0 saturated carbocycles. The number of hydrogen-bond acceptors (Lipinski definition) is 4. The van der Waals surface area contributed by atoms with Crippen molar-refractivity contribution >= 4 is 0 Å². The van der Waals surface area contributed by atoms with E-state index >= 15 is 0 Å². The predicted octanol–water partition coefficient (Wildman–Crippen LogP) is 2.16. The number of likely N-dealkylation sites (tertiary alicyclic amines) is 1. The zero-order valence-corrected chi connectivity index (χ0v) is 13.5. The minimum Gasteiger partial charge on any atom is -0.468 e. The first-order valence-electron chi connectivity index (χ1n) is 7.64. The van der Waals surface area contributed by atoms with Crippen LogP contribution in [-0.2, 0) is 13.1 Å². The Morgan fingerprint density at radius 2 is 2.15 bits per heavy atom. The maximum atomic E-state index is 5.63. The van der Waals surface area contributed by atoms with E-state index in [2.05, 4.69) is 56.0 Å². The summed E-state index contributed by atoms with van der Waals surface area (Å²) in [6.07, 6.45) is 1.82. The van der Waals surface area contributed by atoms with Gasteiger partial charge in [0, 0.05) is 37.3 Å². The highest BCUT2D eigenvalue weighted by molar-refractivity contribution is 5.17. The fourth-order valence-corrected chi connectivity index (χ4v) is 3.05. The smallest absolute Gasteiger partial charge is 0.122 e. The number of nitrogens with zero attached hydrogens (tertiary/aromatic N) is 2. The van der Waals surface area contributed by atoms with E-state index < -0.39 is 0 Å². The van der Waals surface area contributed by atoms with Gasteiger partial charge in [0.25, 0.3) is 0 Å². The Labute approximate surface area is 123 Å². The summed E-state index contributed by atoms with van der Waals surface area (Å²) in [6, 6.07) is 3.27. The third kappa shape index (κ3) is 3.84. The highest BCUT2D eigenvalue weighted by atomic mass is 16.3. The zero-order chi connectivity index (χ0) is 14.7. The van der Waals surface area contributed by atoms with Crippen LogP contribution in [0.5, 0.6) is 0 Å². The largest absolute Gasteiger partial charge is 0.468 e. The van der Waals surface area contributed by atoms with Crippen LogP contribution in [0.4, 0.5) is 0 Å². The van der Waals surface area contributed by atoms with Crippen molar-refractivity contribution in [3.05, 3.63) is 23.7 Å². The molecule has 1 aromatic heterocycles. The van der Waals surface area contributed by atoms with Crippen molar-refractivity contribution in [3.63, 3.8) is 0 Å². The zero-order valence-electron chi connectivity index (χ0n) is 13.5. The minimum absolute atomic E-state index is 0.484. The molecule has 2 atom stereocenters. The molecule has 114 valence electrons. The quantitative estimate of drug-likeness (QED) is 0.865. The maximum absolute atomic E-state index is 5.63. The first-order valence-corrected chi connectivity index (χ1v) is 7.64. The summed E-state index contributed by atoms with van der Waals surface area (Å²) < 4.78 is 5.63. The monoisotopic (exact) mass is 279 g/mol. The molecule has 1 aromatic rings. The van der Waals surface area contributed by atoms with Gasteiger partial charge in [-0.3, -0.25) is 4.90 Å². The van der Waals surface area contributed by atoms with Gasteiger partial charge in [0.2, 0.25) is 0 Å². The highest BCUT2D eigenvalue weighted by Gasteiger charge is 2.31. The summed E-state index contributed by atoms with van der Waals surface area (Å²) in [5.74, 6) is 1.81. The lowest BCUT2D eigenvalue weighted by Crippen LogP contribution is -2.34. The van der Waals surface area contributed by atoms with E-state index in [-0.39, 0.29) is 0 Å². The SMILES string of the molecule is CC(C)NCc1occc1CN1CC(C)C(N(C)C)C1. The maximum Gasteiger partial charge on any atom is 0.122 e. The molecule has 1 aliphatic rings. The fraction of sp³-hybridized carbons (Fsp3) is 0.750. The first kappa shape index (κ1) is 15.5. The molecule has 1 saturated heterocycles. The predicted molar refractivity (Wildman–Crippen MR) is 82.6 cm³/mol. The molecule has 0 aromatic carbocycles. The Bertz CT molecular complexity index is 414. The van der Waals surface area contributed by atoms with E-state index in [1.807, 2.05) is 6.26 Å². The van der Waals surface area contributed by atoms with Gasteiger partial charge in [0.05, 0.1) is 12.8 Å². The number of nitrogens with one attached hydrogen (secondary N) is 1. The molecule has 0 bridgehead atoms. The van der Waals surface area contributed by atoms with E-state index in [0.29, 0.717) is 12.1 Å². The van der Waals surface area contributed by atoms with Gasteiger partial charge in [-0.15, -0.1) is 0 Å². The van der Waals surface area contributed by atoms with Gasteiger partial charge in [0.1, 0.15) is 5.76 Å². The van der Waals surface area contributed by atoms with Gasteiger partial charge in [-0.2, -0.15) is 0 Å². The van der Waals surface area contributed by atoms with Crippen LogP contribution in [0.1, 0.15) is 32.1 Å². The highest BCUT2D eigenvalue weighted by Crippen LogP contribution is 2.23. The molecule has 1 fully saturated rings. The molecule has 0 aliphatic carbocycles. The van der Waals surface area contributed by atoms with Crippen LogP contribution in [0.15, 0.2) is 16.7 Å². The lowest BCUT2D eigenvalue weighted by atomic mass is 10.1. The Morgan fingerprint density at radius 1 is 1.40 bits per heavy atom. The molecular formula is C16H29N3O. The van der Waals surface area contributed by atoms with Crippen molar-refractivity contribution in [2.24, 2.45) is 5.92 Å². The second-order valence-electron chi connectivity index (χ2n) is 6.61. The van der Waals surface area contributed by atoms with Crippen molar-refractivity contribution < 1.29 is 4.42 Å². The number of furan rings is 1. The van der Waals surface area contributed by atoms with Crippen LogP contribution in [0.2, 0.25) is 0 Å². The van der Waals surface area contributed by atoms with Crippen molar-refractivity contribution in [1.29, 1.82) is 0 Å². The molecule has 4 nitrogen and oxygen atoms in total. The minimum atomic E-state index is 0.484. The molecule has 1 N–H and O–H groups in total. The summed E-state index contributed by atoms with van der Waals surface area (Å²) in [5, 5.41) is 3.43. The van der Waals surface area contributed by atoms with Gasteiger partial charge in [-0.1, -0.05) is 20.8 Å². The van der Waals surface area contributed by atoms with E-state index in [4.69, 9.17) is 4.42 Å². The Balaban J connectivity index is 1.93. The second-order valence-corrected chi connectivity index (χ2v) is 6.61. The van der Waals surface area contributed by atoms with Crippen LogP contribution in [0, 0.1) is 5.92 Å². The summed E-state index contributed by atoms with van der Waals surface area (Å²) >= 11 is 0. The van der Waals surface area contributed by atoms with Gasteiger partial charge < -0.3 is 14.6 Å². The average molecular weight is 279 g/mol. The molecule has 4 heteroatoms. The summed E-state index contributed by atoms with van der Waals surface area (Å²) in [7, 11) is 4.36. The topological polar surface area (TPSA) is 31.7 Å². The van der Waals surface area contributed by atoms with Crippen LogP contribution >= 0.6 is 0 Å². The summed E-state index contributed by atoms with van der Waals surface area (Å²) in [4.78, 5) is 4.89.